The van der Waals surface area contributed by atoms with Crippen LogP contribution >= 0.6 is 22.6 Å². The van der Waals surface area contributed by atoms with Crippen LogP contribution in [0.2, 0.25) is 0 Å². The largest absolute Gasteiger partial charge is 0.241 e. The van der Waals surface area contributed by atoms with Crippen LogP contribution in [-0.2, 0) is 0 Å². The van der Waals surface area contributed by atoms with Crippen molar-refractivity contribution in [2.75, 3.05) is 0 Å². The Labute approximate surface area is 226 Å². The van der Waals surface area contributed by atoms with Gasteiger partial charge in [0.25, 0.3) is 0 Å². The summed E-state index contributed by atoms with van der Waals surface area (Å²) in [5.74, 6) is 3.05. The van der Waals surface area contributed by atoms with Gasteiger partial charge in [0.2, 0.25) is 0 Å². The van der Waals surface area contributed by atoms with Crippen molar-refractivity contribution < 1.29 is 0 Å². The second-order valence-corrected chi connectivity index (χ2v) is 12.6. The number of rotatable bonds is 11. The standard InChI is InChI=1S/C32H41IN2/c1-3-4-7-12-25-17-19-26(20-18-25)29-22-34-32(35-23-29)30(21-24(2)33)31(27-13-8-5-9-14-27)28-15-10-6-11-16-28/h5-6,8-11,13-16,22-26,30-31H,3-4,7,12,17-21H2,1-2H3. The summed E-state index contributed by atoms with van der Waals surface area (Å²) >= 11 is 2.56. The van der Waals surface area contributed by atoms with E-state index in [9.17, 15) is 0 Å². The van der Waals surface area contributed by atoms with E-state index in [4.69, 9.17) is 9.97 Å². The van der Waals surface area contributed by atoms with E-state index in [0.29, 0.717) is 9.84 Å². The Morgan fingerprint density at radius 3 is 1.91 bits per heavy atom. The zero-order chi connectivity index (χ0) is 24.5. The number of benzene rings is 2. The number of aromatic nitrogens is 2. The van der Waals surface area contributed by atoms with E-state index in [0.717, 1.165) is 18.2 Å². The predicted molar refractivity (Wildman–Crippen MR) is 156 cm³/mol. The topological polar surface area (TPSA) is 25.8 Å². The van der Waals surface area contributed by atoms with Crippen molar-refractivity contribution in [2.24, 2.45) is 5.92 Å². The summed E-state index contributed by atoms with van der Waals surface area (Å²) in [5.41, 5.74) is 4.03. The quantitative estimate of drug-likeness (QED) is 0.128. The average Bonchev–Trinajstić information content (AvgIpc) is 2.90. The molecule has 0 amide bonds. The Kier molecular flexibility index (Phi) is 10.2. The van der Waals surface area contributed by atoms with E-state index in [1.54, 1.807) is 0 Å². The number of nitrogens with zero attached hydrogens (tertiary/aromatic N) is 2. The number of halogens is 1. The van der Waals surface area contributed by atoms with Crippen molar-refractivity contribution in [2.45, 2.75) is 93.3 Å². The van der Waals surface area contributed by atoms with Gasteiger partial charge in [0.1, 0.15) is 5.82 Å². The van der Waals surface area contributed by atoms with Crippen LogP contribution in [0, 0.1) is 5.92 Å². The molecule has 35 heavy (non-hydrogen) atoms. The third-order valence-corrected chi connectivity index (χ3v) is 8.36. The molecule has 2 unspecified atom stereocenters. The molecule has 4 rings (SSSR count). The lowest BCUT2D eigenvalue weighted by Gasteiger charge is -2.30. The van der Waals surface area contributed by atoms with Gasteiger partial charge in [-0.2, -0.15) is 0 Å². The van der Waals surface area contributed by atoms with Crippen LogP contribution in [0.15, 0.2) is 73.1 Å². The first kappa shape index (κ1) is 26.3. The summed E-state index contributed by atoms with van der Waals surface area (Å²) in [6.45, 7) is 4.60. The molecule has 0 radical (unpaired) electrons. The molecule has 0 aliphatic heterocycles. The Morgan fingerprint density at radius 1 is 0.829 bits per heavy atom. The highest BCUT2D eigenvalue weighted by atomic mass is 127. The zero-order valence-electron chi connectivity index (χ0n) is 21.5. The van der Waals surface area contributed by atoms with Gasteiger partial charge < -0.3 is 0 Å². The lowest BCUT2D eigenvalue weighted by atomic mass is 9.77. The molecule has 1 fully saturated rings. The number of hydrogen-bond donors (Lipinski definition) is 0. The molecule has 186 valence electrons. The third kappa shape index (κ3) is 7.38. The predicted octanol–water partition coefficient (Wildman–Crippen LogP) is 9.46. The third-order valence-electron chi connectivity index (χ3n) is 7.86. The molecule has 1 saturated carbocycles. The normalized spacial score (nSPS) is 20.0. The van der Waals surface area contributed by atoms with Gasteiger partial charge in [-0.05, 0) is 60.6 Å². The molecule has 1 heterocycles. The van der Waals surface area contributed by atoms with Crippen LogP contribution in [0.5, 0.6) is 0 Å². The molecule has 3 heteroatoms. The lowest BCUT2D eigenvalue weighted by Crippen LogP contribution is -2.19. The van der Waals surface area contributed by atoms with Gasteiger partial charge in [-0.25, -0.2) is 9.97 Å². The molecule has 1 aromatic heterocycles. The molecular formula is C32H41IN2. The highest BCUT2D eigenvalue weighted by Gasteiger charge is 2.30. The van der Waals surface area contributed by atoms with Crippen molar-refractivity contribution >= 4 is 22.6 Å². The molecule has 0 bridgehead atoms. The van der Waals surface area contributed by atoms with Crippen LogP contribution in [-0.4, -0.2) is 13.9 Å². The van der Waals surface area contributed by atoms with Crippen molar-refractivity contribution in [3.8, 4) is 0 Å². The maximum absolute atomic E-state index is 5.04. The van der Waals surface area contributed by atoms with Gasteiger partial charge >= 0.3 is 0 Å². The minimum absolute atomic E-state index is 0.245. The summed E-state index contributed by atoms with van der Waals surface area (Å²) in [5, 5.41) is 0. The first-order valence-electron chi connectivity index (χ1n) is 13.7. The van der Waals surface area contributed by atoms with Crippen LogP contribution < -0.4 is 0 Å². The Hall–Kier alpha value is -1.75. The van der Waals surface area contributed by atoms with Crippen LogP contribution in [0.4, 0.5) is 0 Å². The van der Waals surface area contributed by atoms with Gasteiger partial charge in [0, 0.05) is 28.2 Å². The van der Waals surface area contributed by atoms with E-state index in [2.05, 4.69) is 109 Å². The molecule has 0 spiro atoms. The van der Waals surface area contributed by atoms with Gasteiger partial charge in [-0.1, -0.05) is 123 Å². The Balaban J connectivity index is 1.54. The first-order valence-corrected chi connectivity index (χ1v) is 15.0. The molecule has 2 atom stereocenters. The van der Waals surface area contributed by atoms with Crippen LogP contribution in [0.25, 0.3) is 0 Å². The van der Waals surface area contributed by atoms with Crippen molar-refractivity contribution in [3.63, 3.8) is 0 Å². The SMILES string of the molecule is CCCCCC1CCC(c2cnc(C(CC(C)I)C(c3ccccc3)c3ccccc3)nc2)CC1. The fourth-order valence-electron chi connectivity index (χ4n) is 5.94. The number of hydrogen-bond acceptors (Lipinski definition) is 2. The van der Waals surface area contributed by atoms with Gasteiger partial charge in [-0.15, -0.1) is 0 Å². The van der Waals surface area contributed by atoms with E-state index >= 15 is 0 Å². The maximum atomic E-state index is 5.04. The highest BCUT2D eigenvalue weighted by Crippen LogP contribution is 2.42. The van der Waals surface area contributed by atoms with Gasteiger partial charge in [0.15, 0.2) is 0 Å². The fourth-order valence-corrected chi connectivity index (χ4v) is 6.48. The molecular weight excluding hydrogens is 539 g/mol. The fraction of sp³-hybridized carbons (Fsp3) is 0.500. The minimum Gasteiger partial charge on any atom is -0.241 e. The Morgan fingerprint density at radius 2 is 1.40 bits per heavy atom. The summed E-state index contributed by atoms with van der Waals surface area (Å²) in [6.07, 6.45) is 16.2. The summed E-state index contributed by atoms with van der Waals surface area (Å²) in [6, 6.07) is 21.8. The Bertz CT molecular complexity index is 940. The smallest absolute Gasteiger partial charge is 0.132 e. The van der Waals surface area contributed by atoms with Gasteiger partial charge in [0.05, 0.1) is 0 Å². The van der Waals surface area contributed by atoms with E-state index in [1.165, 1.54) is 68.1 Å². The van der Waals surface area contributed by atoms with Crippen molar-refractivity contribution in [1.82, 2.24) is 9.97 Å². The molecule has 0 N–H and O–H groups in total. The van der Waals surface area contributed by atoms with Crippen LogP contribution in [0.3, 0.4) is 0 Å². The number of alkyl halides is 1. The van der Waals surface area contributed by atoms with E-state index in [1.807, 2.05) is 0 Å². The summed E-state index contributed by atoms with van der Waals surface area (Å²) < 4.78 is 0.541. The lowest BCUT2D eigenvalue weighted by molar-refractivity contribution is 0.302. The second kappa shape index (κ2) is 13.5. The van der Waals surface area contributed by atoms with Crippen molar-refractivity contribution in [1.29, 1.82) is 0 Å². The molecule has 3 aromatic rings. The zero-order valence-corrected chi connectivity index (χ0v) is 23.6. The summed E-state index contributed by atoms with van der Waals surface area (Å²) in [7, 11) is 0. The van der Waals surface area contributed by atoms with Crippen molar-refractivity contribution in [3.05, 3.63) is 95.6 Å². The second-order valence-electron chi connectivity index (χ2n) is 10.5. The minimum atomic E-state index is 0.245. The highest BCUT2D eigenvalue weighted by molar-refractivity contribution is 14.1. The number of unbranched alkanes of at least 4 members (excludes halogenated alkanes) is 2. The monoisotopic (exact) mass is 580 g/mol. The summed E-state index contributed by atoms with van der Waals surface area (Å²) in [4.78, 5) is 10.1. The first-order chi connectivity index (χ1) is 17.2. The maximum Gasteiger partial charge on any atom is 0.132 e. The molecule has 2 aromatic carbocycles. The average molecular weight is 581 g/mol. The molecule has 2 nitrogen and oxygen atoms in total. The van der Waals surface area contributed by atoms with E-state index in [-0.39, 0.29) is 11.8 Å². The molecule has 0 saturated heterocycles. The molecule has 1 aliphatic rings. The van der Waals surface area contributed by atoms with Gasteiger partial charge in [-0.3, -0.25) is 0 Å². The van der Waals surface area contributed by atoms with E-state index < -0.39 is 0 Å². The molecule has 1 aliphatic carbocycles. The van der Waals surface area contributed by atoms with Crippen LogP contribution in [0.1, 0.15) is 112 Å².